The molecule has 0 atom stereocenters. The van der Waals surface area contributed by atoms with Gasteiger partial charge in [-0.2, -0.15) is 0 Å². The highest BCUT2D eigenvalue weighted by Gasteiger charge is 2.18. The molecule has 0 aliphatic carbocycles. The topological polar surface area (TPSA) is 45.5 Å². The summed E-state index contributed by atoms with van der Waals surface area (Å²) in [6.45, 7) is 5.00. The Morgan fingerprint density at radius 3 is 2.83 bits per heavy atom. The number of nitrogens with zero attached hydrogens (tertiary/aromatic N) is 5. The number of hydrogen-bond acceptors (Lipinski definition) is 3. The molecule has 0 fully saturated rings. The highest BCUT2D eigenvalue weighted by atomic mass is 15.5. The van der Waals surface area contributed by atoms with Crippen molar-refractivity contribution in [3.8, 4) is 0 Å². The Morgan fingerprint density at radius 2 is 2.17 bits per heavy atom. The van der Waals surface area contributed by atoms with Crippen LogP contribution in [0.15, 0.2) is 28.7 Å². The monoisotopic (exact) mass is 242 g/mol. The Morgan fingerprint density at radius 1 is 1.33 bits per heavy atom. The maximum Gasteiger partial charge on any atom is 0.286 e. The van der Waals surface area contributed by atoms with Gasteiger partial charge in [0.1, 0.15) is 6.21 Å². The number of hydrogen-bond donors (Lipinski definition) is 0. The van der Waals surface area contributed by atoms with E-state index < -0.39 is 0 Å². The van der Waals surface area contributed by atoms with Crippen LogP contribution in [0.5, 0.6) is 0 Å². The molecule has 0 aromatic carbocycles. The summed E-state index contributed by atoms with van der Waals surface area (Å²) in [5.41, 5.74) is 3.48. The van der Waals surface area contributed by atoms with E-state index in [0.717, 1.165) is 16.9 Å². The van der Waals surface area contributed by atoms with Crippen LogP contribution in [0.4, 0.5) is 5.82 Å². The molecule has 1 aliphatic rings. The van der Waals surface area contributed by atoms with Crippen LogP contribution in [0.3, 0.4) is 0 Å². The van der Waals surface area contributed by atoms with Gasteiger partial charge in [0.25, 0.3) is 5.82 Å². The van der Waals surface area contributed by atoms with Gasteiger partial charge in [-0.05, 0) is 17.1 Å². The molecule has 5 heteroatoms. The van der Waals surface area contributed by atoms with Gasteiger partial charge in [0.05, 0.1) is 10.7 Å². The molecule has 3 rings (SSSR count). The fourth-order valence-electron chi connectivity index (χ4n) is 2.22. The van der Waals surface area contributed by atoms with E-state index in [4.69, 9.17) is 4.98 Å². The van der Waals surface area contributed by atoms with E-state index in [1.165, 1.54) is 5.56 Å². The molecule has 0 N–H and O–H groups in total. The van der Waals surface area contributed by atoms with Crippen molar-refractivity contribution in [2.24, 2.45) is 17.4 Å². The predicted molar refractivity (Wildman–Crippen MR) is 70.5 cm³/mol. The van der Waals surface area contributed by atoms with Crippen LogP contribution >= 0.6 is 0 Å². The van der Waals surface area contributed by atoms with Crippen LogP contribution in [0, 0.1) is 0 Å². The molecule has 0 amide bonds. The summed E-state index contributed by atoms with van der Waals surface area (Å²) in [7, 11) is 2.05. The average Bonchev–Trinajstić information content (AvgIpc) is 2.97. The summed E-state index contributed by atoms with van der Waals surface area (Å²) in [5, 5.41) is 7.96. The summed E-state index contributed by atoms with van der Waals surface area (Å²) < 4.78 is 3.85. The first kappa shape index (κ1) is 11.1. The lowest BCUT2D eigenvalue weighted by molar-refractivity contribution is -0.448. The number of pyridine rings is 1. The van der Waals surface area contributed by atoms with Gasteiger partial charge in [-0.25, -0.2) is 0 Å². The fraction of sp³-hybridized carbons (Fsp3) is 0.385. The Hall–Kier alpha value is -2.04. The Bertz CT molecular complexity index is 663. The van der Waals surface area contributed by atoms with E-state index in [9.17, 15) is 0 Å². The second-order valence-electron chi connectivity index (χ2n) is 4.83. The summed E-state index contributed by atoms with van der Waals surface area (Å²) >= 11 is 0. The molecule has 3 heterocycles. The van der Waals surface area contributed by atoms with E-state index >= 15 is 0 Å². The summed E-state index contributed by atoms with van der Waals surface area (Å²) in [5.74, 6) is 1.29. The van der Waals surface area contributed by atoms with Crippen LogP contribution in [-0.2, 0) is 7.05 Å². The minimum absolute atomic E-state index is 0.459. The average molecular weight is 242 g/mol. The van der Waals surface area contributed by atoms with Crippen LogP contribution in [-0.4, -0.2) is 27.0 Å². The first-order chi connectivity index (χ1) is 8.66. The molecule has 5 nitrogen and oxygen atoms in total. The van der Waals surface area contributed by atoms with Crippen molar-refractivity contribution in [3.63, 3.8) is 0 Å². The predicted octanol–water partition coefficient (Wildman–Crippen LogP) is 2.79. The van der Waals surface area contributed by atoms with Gasteiger partial charge in [0.2, 0.25) is 0 Å². The molecule has 0 bridgehead atoms. The summed E-state index contributed by atoms with van der Waals surface area (Å²) in [6.07, 6.45) is 4.08. The smallest absolute Gasteiger partial charge is 0.286 e. The van der Waals surface area contributed by atoms with Crippen molar-refractivity contribution >= 4 is 23.1 Å². The van der Waals surface area contributed by atoms with Crippen LogP contribution in [0.1, 0.15) is 25.3 Å². The third kappa shape index (κ3) is 1.63. The van der Waals surface area contributed by atoms with Gasteiger partial charge in [-0.1, -0.05) is 18.8 Å². The van der Waals surface area contributed by atoms with Gasteiger partial charge in [-0.15, -0.1) is 4.68 Å². The fourth-order valence-corrected chi connectivity index (χ4v) is 2.22. The van der Waals surface area contributed by atoms with Crippen LogP contribution < -0.4 is 0 Å². The molecular weight excluding hydrogens is 226 g/mol. The molecular formula is C13H16N5+. The lowest BCUT2D eigenvalue weighted by Gasteiger charge is -1.99. The zero-order chi connectivity index (χ0) is 12.7. The van der Waals surface area contributed by atoms with Crippen molar-refractivity contribution in [1.82, 2.24) is 9.55 Å². The lowest BCUT2D eigenvalue weighted by atomic mass is 10.1. The molecule has 0 radical (unpaired) electrons. The highest BCUT2D eigenvalue weighted by molar-refractivity contribution is 5.81. The first-order valence-corrected chi connectivity index (χ1v) is 6.13. The third-order valence-electron chi connectivity index (χ3n) is 3.20. The zero-order valence-electron chi connectivity index (χ0n) is 10.8. The van der Waals surface area contributed by atoms with E-state index in [2.05, 4.69) is 48.1 Å². The molecule has 0 saturated carbocycles. The maximum atomic E-state index is 4.72. The zero-order valence-corrected chi connectivity index (χ0v) is 10.8. The Balaban J connectivity index is 2.21. The number of rotatable bonds is 2. The molecule has 2 aromatic heterocycles. The lowest BCUT2D eigenvalue weighted by Crippen LogP contribution is -1.98. The second-order valence-corrected chi connectivity index (χ2v) is 4.83. The number of aryl methyl sites for hydroxylation is 1. The Kier molecular flexibility index (Phi) is 2.47. The molecule has 1 aliphatic heterocycles. The highest BCUT2D eigenvalue weighted by Crippen LogP contribution is 2.27. The molecule has 18 heavy (non-hydrogen) atoms. The summed E-state index contributed by atoms with van der Waals surface area (Å²) in [6, 6.07) is 4.07. The van der Waals surface area contributed by atoms with Crippen LogP contribution in [0.25, 0.3) is 11.0 Å². The molecule has 0 saturated heterocycles. The Labute approximate surface area is 105 Å². The van der Waals surface area contributed by atoms with Gasteiger partial charge >= 0.3 is 0 Å². The molecule has 92 valence electrons. The first-order valence-electron chi connectivity index (χ1n) is 6.13. The van der Waals surface area contributed by atoms with E-state index in [1.807, 2.05) is 12.3 Å². The minimum Gasteiger partial charge on any atom is -0.348 e. The third-order valence-corrected chi connectivity index (χ3v) is 3.20. The van der Waals surface area contributed by atoms with E-state index in [1.54, 1.807) is 4.68 Å². The normalized spacial score (nSPS) is 14.8. The largest absolute Gasteiger partial charge is 0.348 e. The second kappa shape index (κ2) is 4.01. The van der Waals surface area contributed by atoms with Crippen molar-refractivity contribution in [3.05, 3.63) is 23.9 Å². The van der Waals surface area contributed by atoms with Crippen LogP contribution in [0.2, 0.25) is 0 Å². The number of aromatic nitrogens is 2. The van der Waals surface area contributed by atoms with E-state index in [0.29, 0.717) is 12.5 Å². The van der Waals surface area contributed by atoms with E-state index in [-0.39, 0.29) is 0 Å². The molecule has 0 unspecified atom stereocenters. The maximum absolute atomic E-state index is 4.72. The van der Waals surface area contributed by atoms with Gasteiger partial charge in [-0.3, -0.25) is 0 Å². The van der Waals surface area contributed by atoms with Crippen molar-refractivity contribution in [1.29, 1.82) is 0 Å². The quantitative estimate of drug-likeness (QED) is 0.747. The minimum atomic E-state index is 0.459. The summed E-state index contributed by atoms with van der Waals surface area (Å²) in [4.78, 5) is 4.72. The number of fused-ring (bicyclic) bond motifs is 1. The van der Waals surface area contributed by atoms with Crippen molar-refractivity contribution in [2.75, 3.05) is 6.54 Å². The standard InChI is InChI=1S/C13H16N5/c1-9(2)10-8-17(3)11-4-5-12(15-13(10)11)18-7-6-14-16-18/h4-5,7-9H,6H2,1-3H3/q+1. The van der Waals surface area contributed by atoms with Gasteiger partial charge in [0.15, 0.2) is 12.1 Å². The molecule has 0 spiro atoms. The van der Waals surface area contributed by atoms with Crippen molar-refractivity contribution in [2.45, 2.75) is 19.8 Å². The van der Waals surface area contributed by atoms with Crippen molar-refractivity contribution < 1.29 is 4.68 Å². The van der Waals surface area contributed by atoms with Gasteiger partial charge < -0.3 is 4.57 Å². The van der Waals surface area contributed by atoms with Gasteiger partial charge in [0, 0.05) is 24.9 Å². The SMILES string of the molecule is CC(C)c1cn(C)c2ccc([N+]3=CCN=N3)nc12. The molecule has 2 aromatic rings.